The van der Waals surface area contributed by atoms with Crippen molar-refractivity contribution in [3.63, 3.8) is 0 Å². The first-order valence-electron chi connectivity index (χ1n) is 7.85. The Hall–Kier alpha value is -3.81. The smallest absolute Gasteiger partial charge is 0.272 e. The molecular formula is C18H19N7O. The second-order valence-electron chi connectivity index (χ2n) is 5.77. The van der Waals surface area contributed by atoms with E-state index in [1.807, 2.05) is 24.3 Å². The normalized spacial score (nSPS) is 11.3. The molecule has 0 saturated heterocycles. The maximum Gasteiger partial charge on any atom is 0.272 e. The van der Waals surface area contributed by atoms with Crippen LogP contribution in [0.1, 0.15) is 23.0 Å². The van der Waals surface area contributed by atoms with Crippen LogP contribution in [-0.2, 0) is 0 Å². The predicted octanol–water partition coefficient (Wildman–Crippen LogP) is 2.00. The highest BCUT2D eigenvalue weighted by Gasteiger charge is 2.10. The molecule has 26 heavy (non-hydrogen) atoms. The molecular weight excluding hydrogens is 330 g/mol. The van der Waals surface area contributed by atoms with Crippen LogP contribution in [0, 0.1) is 0 Å². The number of guanidine groups is 1. The quantitative estimate of drug-likeness (QED) is 0.212. The van der Waals surface area contributed by atoms with E-state index in [4.69, 9.17) is 17.2 Å². The lowest BCUT2D eigenvalue weighted by Crippen LogP contribution is -2.22. The molecule has 0 aliphatic rings. The predicted molar refractivity (Wildman–Crippen MR) is 105 cm³/mol. The van der Waals surface area contributed by atoms with Crippen LogP contribution < -0.4 is 22.5 Å². The number of amides is 1. The van der Waals surface area contributed by atoms with E-state index >= 15 is 0 Å². The highest BCUT2D eigenvalue weighted by atomic mass is 16.1. The minimum absolute atomic E-state index is 0.103. The first-order chi connectivity index (χ1) is 12.4. The molecule has 0 spiro atoms. The van der Waals surface area contributed by atoms with Crippen molar-refractivity contribution in [2.45, 2.75) is 6.92 Å². The SMILES string of the molecule is CC(=NN=C(N)N)c1ccc(NC(=O)c2cc3cc(N)ccc3[nH]2)cc1. The Balaban J connectivity index is 1.74. The summed E-state index contributed by atoms with van der Waals surface area (Å²) in [7, 11) is 0. The zero-order valence-corrected chi connectivity index (χ0v) is 14.2. The van der Waals surface area contributed by atoms with Gasteiger partial charge >= 0.3 is 0 Å². The van der Waals surface area contributed by atoms with Gasteiger partial charge in [-0.15, -0.1) is 5.10 Å². The molecule has 8 nitrogen and oxygen atoms in total. The number of carbonyl (C=O) groups excluding carboxylic acids is 1. The highest BCUT2D eigenvalue weighted by Crippen LogP contribution is 2.19. The molecule has 0 aliphatic carbocycles. The second kappa shape index (κ2) is 6.98. The molecule has 0 fully saturated rings. The molecule has 0 aliphatic heterocycles. The molecule has 8 heteroatoms. The monoisotopic (exact) mass is 349 g/mol. The van der Waals surface area contributed by atoms with Crippen molar-refractivity contribution < 1.29 is 4.79 Å². The summed E-state index contributed by atoms with van der Waals surface area (Å²) in [4.78, 5) is 15.5. The van der Waals surface area contributed by atoms with Crippen molar-refractivity contribution in [3.05, 3.63) is 59.8 Å². The summed E-state index contributed by atoms with van der Waals surface area (Å²) in [6.07, 6.45) is 0. The molecule has 2 aromatic carbocycles. The van der Waals surface area contributed by atoms with Crippen LogP contribution in [0.25, 0.3) is 10.9 Å². The first kappa shape index (κ1) is 17.0. The number of benzene rings is 2. The third-order valence-electron chi connectivity index (χ3n) is 3.77. The van der Waals surface area contributed by atoms with E-state index in [0.717, 1.165) is 16.5 Å². The maximum atomic E-state index is 12.4. The number of fused-ring (bicyclic) bond motifs is 1. The number of nitrogens with zero attached hydrogens (tertiary/aromatic N) is 2. The van der Waals surface area contributed by atoms with Crippen LogP contribution in [0.15, 0.2) is 58.7 Å². The van der Waals surface area contributed by atoms with Crippen LogP contribution in [-0.4, -0.2) is 22.6 Å². The number of nitrogens with one attached hydrogen (secondary N) is 2. The zero-order chi connectivity index (χ0) is 18.7. The van der Waals surface area contributed by atoms with Gasteiger partial charge in [0, 0.05) is 22.3 Å². The van der Waals surface area contributed by atoms with Crippen LogP contribution in [0.3, 0.4) is 0 Å². The van der Waals surface area contributed by atoms with Gasteiger partial charge in [-0.1, -0.05) is 12.1 Å². The van der Waals surface area contributed by atoms with E-state index < -0.39 is 0 Å². The van der Waals surface area contributed by atoms with E-state index in [1.165, 1.54) is 0 Å². The number of carbonyl (C=O) groups is 1. The Morgan fingerprint density at radius 2 is 1.77 bits per heavy atom. The third kappa shape index (κ3) is 3.81. The molecule has 1 aromatic heterocycles. The summed E-state index contributed by atoms with van der Waals surface area (Å²) in [6.45, 7) is 1.79. The lowest BCUT2D eigenvalue weighted by Gasteiger charge is -2.05. The largest absolute Gasteiger partial charge is 0.399 e. The number of nitrogen functional groups attached to an aromatic ring is 1. The fraction of sp³-hybridized carbons (Fsp3) is 0.0556. The van der Waals surface area contributed by atoms with Gasteiger partial charge in [0.1, 0.15) is 5.69 Å². The summed E-state index contributed by atoms with van der Waals surface area (Å²) < 4.78 is 0. The van der Waals surface area contributed by atoms with Crippen LogP contribution in [0.4, 0.5) is 11.4 Å². The fourth-order valence-corrected chi connectivity index (χ4v) is 2.46. The number of aromatic amines is 1. The van der Waals surface area contributed by atoms with Gasteiger partial charge in [-0.2, -0.15) is 5.10 Å². The van der Waals surface area contributed by atoms with Crippen molar-refractivity contribution in [2.75, 3.05) is 11.1 Å². The number of hydrogen-bond acceptors (Lipinski definition) is 4. The zero-order valence-electron chi connectivity index (χ0n) is 14.2. The molecule has 0 saturated carbocycles. The van der Waals surface area contributed by atoms with Gasteiger partial charge < -0.3 is 27.5 Å². The Labute approximate surface area is 149 Å². The minimum Gasteiger partial charge on any atom is -0.399 e. The van der Waals surface area contributed by atoms with E-state index in [-0.39, 0.29) is 11.9 Å². The molecule has 3 aromatic rings. The number of rotatable bonds is 4. The number of hydrogen-bond donors (Lipinski definition) is 5. The van der Waals surface area contributed by atoms with Crippen molar-refractivity contribution in [2.24, 2.45) is 21.7 Å². The van der Waals surface area contributed by atoms with Crippen molar-refractivity contribution in [1.29, 1.82) is 0 Å². The molecule has 1 heterocycles. The van der Waals surface area contributed by atoms with E-state index in [2.05, 4.69) is 20.5 Å². The van der Waals surface area contributed by atoms with Gasteiger partial charge in [-0.25, -0.2) is 0 Å². The standard InChI is InChI=1S/C18H19N7O/c1-10(24-25-18(20)21)11-2-5-14(6-3-11)22-17(26)16-9-12-8-13(19)4-7-15(12)23-16/h2-9,23H,19H2,1H3,(H,22,26)(H4,20,21,25). The van der Waals surface area contributed by atoms with Gasteiger partial charge in [0.2, 0.25) is 5.96 Å². The second-order valence-corrected chi connectivity index (χ2v) is 5.77. The molecule has 132 valence electrons. The van der Waals surface area contributed by atoms with Crippen LogP contribution in [0.2, 0.25) is 0 Å². The Morgan fingerprint density at radius 1 is 1.04 bits per heavy atom. The van der Waals surface area contributed by atoms with E-state index in [9.17, 15) is 4.79 Å². The lowest BCUT2D eigenvalue weighted by molar-refractivity contribution is 0.102. The van der Waals surface area contributed by atoms with Crippen molar-refractivity contribution in [3.8, 4) is 0 Å². The van der Waals surface area contributed by atoms with Gasteiger partial charge in [-0.3, -0.25) is 4.79 Å². The Morgan fingerprint density at radius 3 is 2.46 bits per heavy atom. The first-order valence-corrected chi connectivity index (χ1v) is 7.85. The molecule has 0 atom stereocenters. The number of aromatic nitrogens is 1. The fourth-order valence-electron chi connectivity index (χ4n) is 2.46. The lowest BCUT2D eigenvalue weighted by atomic mass is 10.1. The van der Waals surface area contributed by atoms with Crippen LogP contribution >= 0.6 is 0 Å². The van der Waals surface area contributed by atoms with Crippen molar-refractivity contribution >= 4 is 39.9 Å². The average Bonchev–Trinajstić information content (AvgIpc) is 3.03. The van der Waals surface area contributed by atoms with E-state index in [1.54, 1.807) is 31.2 Å². The molecule has 3 rings (SSSR count). The third-order valence-corrected chi connectivity index (χ3v) is 3.77. The number of anilines is 2. The number of nitrogens with two attached hydrogens (primary N) is 3. The molecule has 0 radical (unpaired) electrons. The Bertz CT molecular complexity index is 1010. The molecule has 0 bridgehead atoms. The topological polar surface area (TPSA) is 148 Å². The maximum absolute atomic E-state index is 12.4. The summed E-state index contributed by atoms with van der Waals surface area (Å²) >= 11 is 0. The van der Waals surface area contributed by atoms with Gasteiger partial charge in [0.05, 0.1) is 5.71 Å². The molecule has 1 amide bonds. The molecule has 8 N–H and O–H groups in total. The average molecular weight is 349 g/mol. The number of H-pyrrole nitrogens is 1. The summed E-state index contributed by atoms with van der Waals surface area (Å²) in [5.74, 6) is -0.341. The summed E-state index contributed by atoms with van der Waals surface area (Å²) in [6, 6.07) is 14.4. The van der Waals surface area contributed by atoms with Gasteiger partial charge in [0.15, 0.2) is 0 Å². The molecule has 0 unspecified atom stereocenters. The van der Waals surface area contributed by atoms with Crippen LogP contribution in [0.5, 0.6) is 0 Å². The summed E-state index contributed by atoms with van der Waals surface area (Å²) in [5, 5.41) is 11.3. The highest BCUT2D eigenvalue weighted by molar-refractivity contribution is 6.06. The minimum atomic E-state index is -0.238. The Kier molecular flexibility index (Phi) is 4.57. The van der Waals surface area contributed by atoms with Gasteiger partial charge in [0.25, 0.3) is 5.91 Å². The van der Waals surface area contributed by atoms with E-state index in [0.29, 0.717) is 22.8 Å². The van der Waals surface area contributed by atoms with Crippen molar-refractivity contribution in [1.82, 2.24) is 4.98 Å². The summed E-state index contributed by atoms with van der Waals surface area (Å²) in [5.41, 5.74) is 20.4. The van der Waals surface area contributed by atoms with Gasteiger partial charge in [-0.05, 0) is 48.9 Å².